The fourth-order valence-electron chi connectivity index (χ4n) is 0.717. The number of aldehydes is 1. The molecule has 2 atom stereocenters. The molecule has 0 aliphatic heterocycles. The maximum atomic E-state index is 10.5. The van der Waals surface area contributed by atoms with Crippen molar-refractivity contribution >= 4 is 12.2 Å². The molecule has 4 N–H and O–H groups in total. The van der Waals surface area contributed by atoms with Crippen LogP contribution in [-0.4, -0.2) is 46.3 Å². The van der Waals surface area contributed by atoms with Crippen molar-refractivity contribution in [3.8, 4) is 0 Å². The van der Waals surface area contributed by atoms with E-state index >= 15 is 0 Å². The zero-order valence-corrected chi connectivity index (χ0v) is 7.67. The topological polar surface area (TPSA) is 107 Å². The molecular formula is C8H13NO5. The Hall–Kier alpha value is -1.24. The number of hydrogen-bond donors (Lipinski definition) is 4. The summed E-state index contributed by atoms with van der Waals surface area (Å²) in [5, 5.41) is 28.7. The van der Waals surface area contributed by atoms with Crippen molar-refractivity contribution in [1.29, 1.82) is 0 Å². The maximum Gasteiger partial charge on any atom is 0.221 e. The molecule has 0 heterocycles. The zero-order chi connectivity index (χ0) is 11.1. The Morgan fingerprint density at radius 1 is 1.50 bits per heavy atom. The second-order valence-corrected chi connectivity index (χ2v) is 2.66. The van der Waals surface area contributed by atoms with Crippen molar-refractivity contribution < 1.29 is 24.9 Å². The number of rotatable bonds is 5. The first kappa shape index (κ1) is 12.8. The minimum absolute atomic E-state index is 0.155. The third-order valence-corrected chi connectivity index (χ3v) is 1.38. The number of carbonyl (C=O) groups excluding carboxylic acids is 2. The van der Waals surface area contributed by atoms with E-state index in [1.54, 1.807) is 0 Å². The SMILES string of the molecule is CC(=O)N/C(C=O)=C\[C@H](O)[C@H](O)CO. The van der Waals surface area contributed by atoms with Crippen LogP contribution in [0.2, 0.25) is 0 Å². The highest BCUT2D eigenvalue weighted by Gasteiger charge is 2.13. The number of aliphatic hydroxyl groups is 3. The minimum Gasteiger partial charge on any atom is -0.394 e. The van der Waals surface area contributed by atoms with Crippen LogP contribution < -0.4 is 5.32 Å². The summed E-state index contributed by atoms with van der Waals surface area (Å²) in [6, 6.07) is 0. The normalized spacial score (nSPS) is 15.9. The molecule has 0 aromatic carbocycles. The molecule has 0 aliphatic carbocycles. The van der Waals surface area contributed by atoms with Gasteiger partial charge in [0.2, 0.25) is 5.91 Å². The van der Waals surface area contributed by atoms with Gasteiger partial charge in [-0.3, -0.25) is 9.59 Å². The van der Waals surface area contributed by atoms with E-state index in [-0.39, 0.29) is 5.70 Å². The molecule has 0 aromatic heterocycles. The molecular weight excluding hydrogens is 190 g/mol. The number of aliphatic hydroxyl groups excluding tert-OH is 3. The van der Waals surface area contributed by atoms with Crippen LogP contribution in [0, 0.1) is 0 Å². The summed E-state index contributed by atoms with van der Waals surface area (Å²) in [4.78, 5) is 20.9. The van der Waals surface area contributed by atoms with Gasteiger partial charge in [0.1, 0.15) is 12.2 Å². The summed E-state index contributed by atoms with van der Waals surface area (Å²) < 4.78 is 0. The molecule has 0 aliphatic rings. The van der Waals surface area contributed by atoms with Gasteiger partial charge in [-0.1, -0.05) is 0 Å². The van der Waals surface area contributed by atoms with Crippen molar-refractivity contribution in [3.05, 3.63) is 11.8 Å². The van der Waals surface area contributed by atoms with Gasteiger partial charge < -0.3 is 20.6 Å². The van der Waals surface area contributed by atoms with E-state index in [2.05, 4.69) is 5.32 Å². The Kier molecular flexibility index (Phi) is 5.70. The van der Waals surface area contributed by atoms with Crippen molar-refractivity contribution in [1.82, 2.24) is 5.32 Å². The molecule has 80 valence electrons. The van der Waals surface area contributed by atoms with Gasteiger partial charge in [-0.05, 0) is 6.08 Å². The third-order valence-electron chi connectivity index (χ3n) is 1.38. The average Bonchev–Trinajstić information content (AvgIpc) is 2.14. The van der Waals surface area contributed by atoms with Crippen LogP contribution in [-0.2, 0) is 9.59 Å². The predicted octanol–water partition coefficient (Wildman–Crippen LogP) is -2.08. The standard InChI is InChI=1S/C8H13NO5/c1-5(12)9-6(3-10)2-7(13)8(14)4-11/h2-3,7-8,11,13-14H,4H2,1H3,(H,9,12)/b6-2-/t7-,8+/m0/s1. The van der Waals surface area contributed by atoms with Crippen LogP contribution in [0.3, 0.4) is 0 Å². The molecule has 14 heavy (non-hydrogen) atoms. The average molecular weight is 203 g/mol. The molecule has 0 rings (SSSR count). The first-order valence-electron chi connectivity index (χ1n) is 3.92. The predicted molar refractivity (Wildman–Crippen MR) is 47.1 cm³/mol. The molecule has 0 saturated carbocycles. The van der Waals surface area contributed by atoms with Gasteiger partial charge in [-0.25, -0.2) is 0 Å². The molecule has 6 nitrogen and oxygen atoms in total. The van der Waals surface area contributed by atoms with Crippen LogP contribution in [0.15, 0.2) is 11.8 Å². The van der Waals surface area contributed by atoms with Gasteiger partial charge in [0.15, 0.2) is 6.29 Å². The number of nitrogens with one attached hydrogen (secondary N) is 1. The van der Waals surface area contributed by atoms with E-state index in [1.807, 2.05) is 0 Å². The Bertz CT molecular complexity index is 238. The molecule has 0 saturated heterocycles. The van der Waals surface area contributed by atoms with Crippen molar-refractivity contribution in [2.45, 2.75) is 19.1 Å². The summed E-state index contributed by atoms with van der Waals surface area (Å²) >= 11 is 0. The second kappa shape index (κ2) is 6.25. The molecule has 6 heteroatoms. The van der Waals surface area contributed by atoms with Crippen molar-refractivity contribution in [2.75, 3.05) is 6.61 Å². The molecule has 0 spiro atoms. The first-order chi connectivity index (χ1) is 6.51. The first-order valence-corrected chi connectivity index (χ1v) is 3.92. The highest BCUT2D eigenvalue weighted by Crippen LogP contribution is 1.97. The van der Waals surface area contributed by atoms with Gasteiger partial charge in [-0.15, -0.1) is 0 Å². The van der Waals surface area contributed by atoms with Crippen LogP contribution in [0.4, 0.5) is 0 Å². The highest BCUT2D eigenvalue weighted by atomic mass is 16.4. The van der Waals surface area contributed by atoms with Crippen LogP contribution in [0.1, 0.15) is 6.92 Å². The number of hydrogen-bond acceptors (Lipinski definition) is 5. The molecule has 0 bridgehead atoms. The van der Waals surface area contributed by atoms with E-state index in [4.69, 9.17) is 15.3 Å². The third kappa shape index (κ3) is 4.70. The highest BCUT2D eigenvalue weighted by molar-refractivity contribution is 5.84. The Morgan fingerprint density at radius 2 is 2.07 bits per heavy atom. The second-order valence-electron chi connectivity index (χ2n) is 2.66. The number of amides is 1. The van der Waals surface area contributed by atoms with Crippen molar-refractivity contribution in [3.63, 3.8) is 0 Å². The summed E-state index contributed by atoms with van der Waals surface area (Å²) in [6.07, 6.45) is -1.49. The van der Waals surface area contributed by atoms with Gasteiger partial charge in [0.05, 0.1) is 12.3 Å². The summed E-state index contributed by atoms with van der Waals surface area (Å²) in [6.45, 7) is 0.566. The maximum absolute atomic E-state index is 10.5. The van der Waals surface area contributed by atoms with Crippen LogP contribution in [0.5, 0.6) is 0 Å². The largest absolute Gasteiger partial charge is 0.394 e. The van der Waals surface area contributed by atoms with Gasteiger partial charge in [0, 0.05) is 6.92 Å². The Balaban J connectivity index is 4.42. The van der Waals surface area contributed by atoms with E-state index in [0.717, 1.165) is 6.08 Å². The fourth-order valence-corrected chi connectivity index (χ4v) is 0.717. The van der Waals surface area contributed by atoms with Crippen molar-refractivity contribution in [2.24, 2.45) is 0 Å². The summed E-state index contributed by atoms with van der Waals surface area (Å²) in [5.41, 5.74) is -0.155. The summed E-state index contributed by atoms with van der Waals surface area (Å²) in [5.74, 6) is -0.464. The zero-order valence-electron chi connectivity index (χ0n) is 7.67. The number of carbonyl (C=O) groups is 2. The van der Waals surface area contributed by atoms with Gasteiger partial charge in [-0.2, -0.15) is 0 Å². The quantitative estimate of drug-likeness (QED) is 0.303. The fraction of sp³-hybridized carbons (Fsp3) is 0.500. The smallest absolute Gasteiger partial charge is 0.221 e. The molecule has 0 fully saturated rings. The van der Waals surface area contributed by atoms with Gasteiger partial charge in [0.25, 0.3) is 0 Å². The van der Waals surface area contributed by atoms with E-state index < -0.39 is 24.7 Å². The molecule has 0 aromatic rings. The minimum atomic E-state index is -1.40. The Morgan fingerprint density at radius 3 is 2.43 bits per heavy atom. The Labute approximate surface area is 80.9 Å². The lowest BCUT2D eigenvalue weighted by atomic mass is 10.2. The van der Waals surface area contributed by atoms with E-state index in [9.17, 15) is 9.59 Å². The van der Waals surface area contributed by atoms with Crippen LogP contribution >= 0.6 is 0 Å². The summed E-state index contributed by atoms with van der Waals surface area (Å²) in [7, 11) is 0. The molecule has 0 radical (unpaired) electrons. The monoisotopic (exact) mass is 203 g/mol. The lowest BCUT2D eigenvalue weighted by Crippen LogP contribution is -2.30. The molecule has 0 unspecified atom stereocenters. The van der Waals surface area contributed by atoms with E-state index in [0.29, 0.717) is 6.29 Å². The lowest BCUT2D eigenvalue weighted by molar-refractivity contribution is -0.119. The van der Waals surface area contributed by atoms with E-state index in [1.165, 1.54) is 6.92 Å². The van der Waals surface area contributed by atoms with Crippen LogP contribution in [0.25, 0.3) is 0 Å². The van der Waals surface area contributed by atoms with Gasteiger partial charge >= 0.3 is 0 Å². The lowest BCUT2D eigenvalue weighted by Gasteiger charge is -2.12. The molecule has 1 amide bonds. The number of allylic oxidation sites excluding steroid dienone is 1.